The van der Waals surface area contributed by atoms with Crippen LogP contribution in [-0.4, -0.2) is 9.97 Å². The lowest BCUT2D eigenvalue weighted by molar-refractivity contribution is 0.613. The van der Waals surface area contributed by atoms with Crippen LogP contribution in [-0.2, 0) is 13.1 Å². The zero-order chi connectivity index (χ0) is 16.8. The summed E-state index contributed by atoms with van der Waals surface area (Å²) in [6.07, 6.45) is 1.43. The Morgan fingerprint density at radius 2 is 1.46 bits per heavy atom. The minimum absolute atomic E-state index is 0.256. The molecule has 1 heterocycles. The maximum Gasteiger partial charge on any atom is 0.131 e. The zero-order valence-corrected chi connectivity index (χ0v) is 12.8. The van der Waals surface area contributed by atoms with Crippen LogP contribution in [0.25, 0.3) is 0 Å². The van der Waals surface area contributed by atoms with Gasteiger partial charge in [0.05, 0.1) is 0 Å². The summed E-state index contributed by atoms with van der Waals surface area (Å²) in [6.45, 7) is 0.852. The van der Waals surface area contributed by atoms with E-state index in [1.54, 1.807) is 36.4 Å². The quantitative estimate of drug-likeness (QED) is 0.719. The van der Waals surface area contributed by atoms with E-state index in [9.17, 15) is 8.78 Å². The predicted octanol–water partition coefficient (Wildman–Crippen LogP) is 3.98. The summed E-state index contributed by atoms with van der Waals surface area (Å²) >= 11 is 0. The summed E-state index contributed by atoms with van der Waals surface area (Å²) in [5.41, 5.74) is 1.51. The minimum Gasteiger partial charge on any atom is -0.366 e. The molecule has 0 fully saturated rings. The Labute approximate surface area is 138 Å². The molecule has 3 aromatic rings. The van der Waals surface area contributed by atoms with Crippen molar-refractivity contribution < 1.29 is 8.78 Å². The lowest BCUT2D eigenvalue weighted by atomic mass is 10.2. The SMILES string of the molecule is Fc1ccc(CNc2cc(NCc3ccccc3F)ncn2)cc1. The van der Waals surface area contributed by atoms with Gasteiger partial charge < -0.3 is 10.6 Å². The van der Waals surface area contributed by atoms with Gasteiger partial charge in [-0.25, -0.2) is 18.7 Å². The first-order valence-corrected chi connectivity index (χ1v) is 7.48. The van der Waals surface area contributed by atoms with Crippen LogP contribution in [0.15, 0.2) is 60.9 Å². The average molecular weight is 326 g/mol. The van der Waals surface area contributed by atoms with E-state index in [1.807, 2.05) is 0 Å². The number of nitrogens with one attached hydrogen (secondary N) is 2. The fourth-order valence-electron chi connectivity index (χ4n) is 2.17. The van der Waals surface area contributed by atoms with Gasteiger partial charge in [0.1, 0.15) is 29.6 Å². The fraction of sp³-hybridized carbons (Fsp3) is 0.111. The normalized spacial score (nSPS) is 10.4. The molecular formula is C18H16F2N4. The van der Waals surface area contributed by atoms with Crippen LogP contribution in [0, 0.1) is 11.6 Å². The van der Waals surface area contributed by atoms with Crippen molar-refractivity contribution in [2.24, 2.45) is 0 Å². The Bertz CT molecular complexity index is 806. The molecule has 0 saturated heterocycles. The van der Waals surface area contributed by atoms with Gasteiger partial charge in [-0.2, -0.15) is 0 Å². The zero-order valence-electron chi connectivity index (χ0n) is 12.8. The number of anilines is 2. The first-order valence-electron chi connectivity index (χ1n) is 7.48. The molecule has 0 bridgehead atoms. The molecule has 1 aromatic heterocycles. The van der Waals surface area contributed by atoms with Crippen molar-refractivity contribution in [2.75, 3.05) is 10.6 Å². The van der Waals surface area contributed by atoms with Crippen LogP contribution in [0.5, 0.6) is 0 Å². The summed E-state index contributed by atoms with van der Waals surface area (Å²) in [4.78, 5) is 8.25. The highest BCUT2D eigenvalue weighted by Gasteiger charge is 2.03. The number of benzene rings is 2. The number of aromatic nitrogens is 2. The van der Waals surface area contributed by atoms with Gasteiger partial charge in [0, 0.05) is 24.7 Å². The maximum absolute atomic E-state index is 13.6. The first-order chi connectivity index (χ1) is 11.7. The van der Waals surface area contributed by atoms with Gasteiger partial charge >= 0.3 is 0 Å². The van der Waals surface area contributed by atoms with Crippen LogP contribution < -0.4 is 10.6 Å². The van der Waals surface area contributed by atoms with Crippen LogP contribution >= 0.6 is 0 Å². The molecule has 0 unspecified atom stereocenters. The molecule has 6 heteroatoms. The molecule has 0 aliphatic heterocycles. The van der Waals surface area contributed by atoms with E-state index in [0.717, 1.165) is 5.56 Å². The van der Waals surface area contributed by atoms with E-state index in [1.165, 1.54) is 24.5 Å². The molecule has 0 aliphatic rings. The highest BCUT2D eigenvalue weighted by molar-refractivity contribution is 5.47. The largest absolute Gasteiger partial charge is 0.366 e. The van der Waals surface area contributed by atoms with Crippen LogP contribution in [0.2, 0.25) is 0 Å². The van der Waals surface area contributed by atoms with Crippen LogP contribution in [0.1, 0.15) is 11.1 Å². The van der Waals surface area contributed by atoms with Crippen LogP contribution in [0.4, 0.5) is 20.4 Å². The third-order valence-corrected chi connectivity index (χ3v) is 3.47. The van der Waals surface area contributed by atoms with E-state index in [2.05, 4.69) is 20.6 Å². The second kappa shape index (κ2) is 7.50. The maximum atomic E-state index is 13.6. The van der Waals surface area contributed by atoms with E-state index >= 15 is 0 Å². The molecule has 2 aromatic carbocycles. The Morgan fingerprint density at radius 1 is 0.792 bits per heavy atom. The highest BCUT2D eigenvalue weighted by Crippen LogP contribution is 2.13. The molecule has 24 heavy (non-hydrogen) atoms. The third kappa shape index (κ3) is 4.25. The second-order valence-electron chi connectivity index (χ2n) is 5.21. The van der Waals surface area contributed by atoms with Gasteiger partial charge in [-0.15, -0.1) is 0 Å². The summed E-state index contributed by atoms with van der Waals surface area (Å²) in [5, 5.41) is 6.21. The van der Waals surface area contributed by atoms with Gasteiger partial charge in [0.15, 0.2) is 0 Å². The number of hydrogen-bond acceptors (Lipinski definition) is 4. The topological polar surface area (TPSA) is 49.8 Å². The van der Waals surface area contributed by atoms with E-state index in [0.29, 0.717) is 30.3 Å². The Balaban J connectivity index is 1.59. The molecule has 0 radical (unpaired) electrons. The van der Waals surface area contributed by atoms with Gasteiger partial charge in [-0.1, -0.05) is 30.3 Å². The minimum atomic E-state index is -0.264. The Hall–Kier alpha value is -3.02. The Morgan fingerprint density at radius 3 is 2.17 bits per heavy atom. The van der Waals surface area contributed by atoms with Gasteiger partial charge in [-0.3, -0.25) is 0 Å². The molecule has 3 rings (SSSR count). The molecule has 0 spiro atoms. The molecular weight excluding hydrogens is 310 g/mol. The van der Waals surface area contributed by atoms with Crippen molar-refractivity contribution >= 4 is 11.6 Å². The second-order valence-corrected chi connectivity index (χ2v) is 5.21. The van der Waals surface area contributed by atoms with Crippen molar-refractivity contribution in [3.63, 3.8) is 0 Å². The summed E-state index contributed by atoms with van der Waals surface area (Å²) in [7, 11) is 0. The Kier molecular flexibility index (Phi) is 4.96. The smallest absolute Gasteiger partial charge is 0.131 e. The first kappa shape index (κ1) is 15.9. The molecule has 4 nitrogen and oxygen atoms in total. The van der Waals surface area contributed by atoms with Crippen molar-refractivity contribution in [3.8, 4) is 0 Å². The summed E-state index contributed by atoms with van der Waals surface area (Å²) in [5.74, 6) is 0.703. The van der Waals surface area contributed by atoms with Crippen LogP contribution in [0.3, 0.4) is 0 Å². The van der Waals surface area contributed by atoms with Gasteiger partial charge in [-0.05, 0) is 23.8 Å². The van der Waals surface area contributed by atoms with Crippen molar-refractivity contribution in [1.29, 1.82) is 0 Å². The number of nitrogens with zero attached hydrogens (tertiary/aromatic N) is 2. The predicted molar refractivity (Wildman–Crippen MR) is 89.5 cm³/mol. The van der Waals surface area contributed by atoms with Gasteiger partial charge in [0.25, 0.3) is 0 Å². The lowest BCUT2D eigenvalue weighted by Gasteiger charge is -2.09. The molecule has 0 aliphatic carbocycles. The molecule has 122 valence electrons. The molecule has 0 amide bonds. The van der Waals surface area contributed by atoms with Gasteiger partial charge in [0.2, 0.25) is 0 Å². The molecule has 2 N–H and O–H groups in total. The number of halogens is 2. The monoisotopic (exact) mass is 326 g/mol. The van der Waals surface area contributed by atoms with E-state index in [-0.39, 0.29) is 11.6 Å². The summed E-state index contributed by atoms with van der Waals surface area (Å²) in [6, 6.07) is 14.6. The van der Waals surface area contributed by atoms with Crippen molar-refractivity contribution in [3.05, 3.63) is 83.7 Å². The fourth-order valence-corrected chi connectivity index (χ4v) is 2.17. The summed E-state index contributed by atoms with van der Waals surface area (Å²) < 4.78 is 26.5. The number of hydrogen-bond donors (Lipinski definition) is 2. The number of rotatable bonds is 6. The molecule has 0 atom stereocenters. The van der Waals surface area contributed by atoms with Crippen molar-refractivity contribution in [2.45, 2.75) is 13.1 Å². The average Bonchev–Trinajstić information content (AvgIpc) is 2.61. The standard InChI is InChI=1S/C18H16F2N4/c19-15-7-5-13(6-8-15)10-21-17-9-18(24-12-23-17)22-11-14-3-1-2-4-16(14)20/h1-9,12H,10-11H2,(H2,21,22,23,24). The lowest BCUT2D eigenvalue weighted by Crippen LogP contribution is -2.06. The third-order valence-electron chi connectivity index (χ3n) is 3.47. The highest BCUT2D eigenvalue weighted by atomic mass is 19.1. The van der Waals surface area contributed by atoms with E-state index in [4.69, 9.17) is 0 Å². The van der Waals surface area contributed by atoms with E-state index < -0.39 is 0 Å². The van der Waals surface area contributed by atoms with Crippen molar-refractivity contribution in [1.82, 2.24) is 9.97 Å². The molecule has 0 saturated carbocycles.